The van der Waals surface area contributed by atoms with Gasteiger partial charge < -0.3 is 9.94 Å². The van der Waals surface area contributed by atoms with E-state index in [-0.39, 0.29) is 6.54 Å². The Labute approximate surface area is 127 Å². The highest BCUT2D eigenvalue weighted by Crippen LogP contribution is 2.34. The zero-order chi connectivity index (χ0) is 15.5. The molecule has 1 aliphatic rings. The molecular weight excluding hydrogens is 284 g/mol. The van der Waals surface area contributed by atoms with Gasteiger partial charge in [-0.2, -0.15) is 5.10 Å². The zero-order valence-corrected chi connectivity index (χ0v) is 12.2. The molecule has 0 saturated heterocycles. The van der Waals surface area contributed by atoms with E-state index in [9.17, 15) is 4.79 Å². The molecule has 2 aromatic heterocycles. The molecule has 0 atom stereocenters. The van der Waals surface area contributed by atoms with Crippen molar-refractivity contribution in [2.45, 2.75) is 26.3 Å². The van der Waals surface area contributed by atoms with Gasteiger partial charge in [0, 0.05) is 23.5 Å². The Balaban J connectivity index is 2.13. The standard InChI is InChI=1S/C15H16N4O3/c1-2-22-15(20)14-12-4-3-10-9-16-6-5-11(10)13(12)18-19(14)8-7-17-21/h5-7,9,21H,2-4,8H2,1H3/b17-7+. The molecule has 0 spiro atoms. The maximum Gasteiger partial charge on any atom is 0.356 e. The summed E-state index contributed by atoms with van der Waals surface area (Å²) in [5.74, 6) is -0.403. The van der Waals surface area contributed by atoms with E-state index in [0.717, 1.165) is 28.8 Å². The Morgan fingerprint density at radius 1 is 1.55 bits per heavy atom. The molecule has 7 heteroatoms. The highest BCUT2D eigenvalue weighted by molar-refractivity contribution is 5.92. The van der Waals surface area contributed by atoms with Crippen LogP contribution in [0, 0.1) is 0 Å². The summed E-state index contributed by atoms with van der Waals surface area (Å²) < 4.78 is 6.67. The molecule has 0 amide bonds. The number of pyridine rings is 1. The van der Waals surface area contributed by atoms with Crippen molar-refractivity contribution in [1.29, 1.82) is 0 Å². The van der Waals surface area contributed by atoms with Crippen LogP contribution in [0.1, 0.15) is 28.5 Å². The van der Waals surface area contributed by atoms with Crippen LogP contribution in [0.25, 0.3) is 11.3 Å². The maximum absolute atomic E-state index is 12.3. The van der Waals surface area contributed by atoms with Gasteiger partial charge in [-0.1, -0.05) is 0 Å². The minimum absolute atomic E-state index is 0.206. The van der Waals surface area contributed by atoms with Crippen LogP contribution in [0.4, 0.5) is 0 Å². The van der Waals surface area contributed by atoms with Crippen LogP contribution in [0.5, 0.6) is 0 Å². The van der Waals surface area contributed by atoms with Gasteiger partial charge in [-0.25, -0.2) is 4.79 Å². The first-order valence-corrected chi connectivity index (χ1v) is 7.12. The predicted molar refractivity (Wildman–Crippen MR) is 79.1 cm³/mol. The highest BCUT2D eigenvalue weighted by atomic mass is 16.5. The number of fused-ring (bicyclic) bond motifs is 3. The molecule has 114 valence electrons. The Morgan fingerprint density at radius 3 is 3.18 bits per heavy atom. The molecule has 0 unspecified atom stereocenters. The van der Waals surface area contributed by atoms with E-state index in [2.05, 4.69) is 15.2 Å². The van der Waals surface area contributed by atoms with Crippen molar-refractivity contribution in [3.05, 3.63) is 35.3 Å². The molecule has 2 heterocycles. The van der Waals surface area contributed by atoms with Crippen molar-refractivity contribution in [1.82, 2.24) is 14.8 Å². The quantitative estimate of drug-likeness (QED) is 0.401. The number of rotatable bonds is 4. The maximum atomic E-state index is 12.3. The molecule has 2 aromatic rings. The lowest BCUT2D eigenvalue weighted by Crippen LogP contribution is -2.16. The van der Waals surface area contributed by atoms with Crippen molar-refractivity contribution in [2.75, 3.05) is 6.61 Å². The Kier molecular flexibility index (Phi) is 3.86. The van der Waals surface area contributed by atoms with Gasteiger partial charge in [0.25, 0.3) is 0 Å². The third kappa shape index (κ3) is 2.34. The number of nitrogens with zero attached hydrogens (tertiary/aromatic N) is 4. The SMILES string of the molecule is CCOC(=O)c1c2c(nn1C/C=N/O)-c1ccncc1CC2. The molecule has 22 heavy (non-hydrogen) atoms. The number of carbonyl (C=O) groups excluding carboxylic acids is 1. The third-order valence-corrected chi connectivity index (χ3v) is 3.66. The van der Waals surface area contributed by atoms with Crippen LogP contribution < -0.4 is 0 Å². The third-order valence-electron chi connectivity index (χ3n) is 3.66. The Hall–Kier alpha value is -2.70. The van der Waals surface area contributed by atoms with Crippen molar-refractivity contribution in [3.8, 4) is 11.3 Å². The van der Waals surface area contributed by atoms with Gasteiger partial charge in [-0.3, -0.25) is 9.67 Å². The molecule has 7 nitrogen and oxygen atoms in total. The molecule has 0 aromatic carbocycles. The first-order chi connectivity index (χ1) is 10.8. The van der Waals surface area contributed by atoms with Gasteiger partial charge in [0.05, 0.1) is 25.1 Å². The van der Waals surface area contributed by atoms with Gasteiger partial charge >= 0.3 is 5.97 Å². The molecule has 0 aliphatic heterocycles. The highest BCUT2D eigenvalue weighted by Gasteiger charge is 2.28. The van der Waals surface area contributed by atoms with Gasteiger partial charge in [-0.05, 0) is 31.4 Å². The number of hydrogen-bond donors (Lipinski definition) is 1. The summed E-state index contributed by atoms with van der Waals surface area (Å²) in [6, 6.07) is 1.90. The second kappa shape index (κ2) is 5.97. The molecule has 0 bridgehead atoms. The number of aromatic nitrogens is 3. The van der Waals surface area contributed by atoms with Gasteiger partial charge in [0.1, 0.15) is 0 Å². The molecule has 0 fully saturated rings. The van der Waals surface area contributed by atoms with Gasteiger partial charge in [0.2, 0.25) is 0 Å². The molecular formula is C15H16N4O3. The summed E-state index contributed by atoms with van der Waals surface area (Å²) in [6.07, 6.45) is 6.35. The van der Waals surface area contributed by atoms with Crippen LogP contribution >= 0.6 is 0 Å². The average Bonchev–Trinajstić information content (AvgIpc) is 2.92. The van der Waals surface area contributed by atoms with E-state index in [1.54, 1.807) is 13.1 Å². The minimum atomic E-state index is -0.403. The number of ether oxygens (including phenoxy) is 1. The molecule has 0 saturated carbocycles. The van der Waals surface area contributed by atoms with Crippen LogP contribution in [0.2, 0.25) is 0 Å². The van der Waals surface area contributed by atoms with Crippen molar-refractivity contribution >= 4 is 12.2 Å². The van der Waals surface area contributed by atoms with E-state index < -0.39 is 5.97 Å². The van der Waals surface area contributed by atoms with Gasteiger partial charge in [-0.15, -0.1) is 5.16 Å². The van der Waals surface area contributed by atoms with Crippen molar-refractivity contribution in [3.63, 3.8) is 0 Å². The molecule has 0 radical (unpaired) electrons. The van der Waals surface area contributed by atoms with E-state index >= 15 is 0 Å². The summed E-state index contributed by atoms with van der Waals surface area (Å²) in [4.78, 5) is 16.4. The number of esters is 1. The lowest BCUT2D eigenvalue weighted by molar-refractivity contribution is 0.0511. The first-order valence-electron chi connectivity index (χ1n) is 7.12. The fourth-order valence-corrected chi connectivity index (χ4v) is 2.74. The molecule has 1 N–H and O–H groups in total. The second-order valence-corrected chi connectivity index (χ2v) is 4.91. The first kappa shape index (κ1) is 14.2. The summed E-state index contributed by atoms with van der Waals surface area (Å²) in [6.45, 7) is 2.27. The monoisotopic (exact) mass is 300 g/mol. The molecule has 1 aliphatic carbocycles. The fraction of sp³-hybridized carbons (Fsp3) is 0.333. The van der Waals surface area contributed by atoms with Crippen LogP contribution in [0.3, 0.4) is 0 Å². The summed E-state index contributed by atoms with van der Waals surface area (Å²) in [7, 11) is 0. The second-order valence-electron chi connectivity index (χ2n) is 4.91. The van der Waals surface area contributed by atoms with Crippen molar-refractivity contribution < 1.29 is 14.7 Å². The zero-order valence-electron chi connectivity index (χ0n) is 12.2. The van der Waals surface area contributed by atoms with E-state index in [1.165, 1.54) is 10.9 Å². The lowest BCUT2D eigenvalue weighted by atomic mass is 9.90. The Morgan fingerprint density at radius 2 is 2.41 bits per heavy atom. The smallest absolute Gasteiger partial charge is 0.356 e. The van der Waals surface area contributed by atoms with E-state index in [0.29, 0.717) is 18.7 Å². The average molecular weight is 300 g/mol. The van der Waals surface area contributed by atoms with E-state index in [4.69, 9.17) is 9.94 Å². The van der Waals surface area contributed by atoms with Crippen LogP contribution in [0.15, 0.2) is 23.6 Å². The number of carbonyl (C=O) groups is 1. The minimum Gasteiger partial charge on any atom is -0.461 e. The van der Waals surface area contributed by atoms with E-state index in [1.807, 2.05) is 12.3 Å². The fourth-order valence-electron chi connectivity index (χ4n) is 2.74. The topological polar surface area (TPSA) is 89.6 Å². The lowest BCUT2D eigenvalue weighted by Gasteiger charge is -2.14. The number of aryl methyl sites for hydroxylation is 1. The predicted octanol–water partition coefficient (Wildman–Crippen LogP) is 1.68. The number of hydrogen-bond acceptors (Lipinski definition) is 6. The Bertz CT molecular complexity index is 736. The number of oxime groups is 1. The largest absolute Gasteiger partial charge is 0.461 e. The molecule has 3 rings (SSSR count). The summed E-state index contributed by atoms with van der Waals surface area (Å²) in [5, 5.41) is 16.1. The summed E-state index contributed by atoms with van der Waals surface area (Å²) in [5.41, 5.74) is 4.19. The van der Waals surface area contributed by atoms with Crippen molar-refractivity contribution in [2.24, 2.45) is 5.16 Å². The summed E-state index contributed by atoms with van der Waals surface area (Å²) >= 11 is 0. The normalized spacial score (nSPS) is 13.0. The van der Waals surface area contributed by atoms with Crippen LogP contribution in [-0.2, 0) is 24.1 Å². The van der Waals surface area contributed by atoms with Crippen LogP contribution in [-0.4, -0.2) is 38.8 Å². The van der Waals surface area contributed by atoms with Gasteiger partial charge in [0.15, 0.2) is 5.69 Å².